The van der Waals surface area contributed by atoms with E-state index in [1.165, 1.54) is 22.9 Å². The zero-order valence-corrected chi connectivity index (χ0v) is 19.0. The van der Waals surface area contributed by atoms with Crippen LogP contribution in [0.25, 0.3) is 22.5 Å². The second-order valence-corrected chi connectivity index (χ2v) is 8.62. The molecule has 0 atom stereocenters. The largest absolute Gasteiger partial charge is 0.491 e. The predicted octanol–water partition coefficient (Wildman–Crippen LogP) is 6.65. The molecular weight excluding hydrogens is 426 g/mol. The van der Waals surface area contributed by atoms with E-state index in [-0.39, 0.29) is 0 Å². The first kappa shape index (κ1) is 21.3. The molecule has 156 valence electrons. The zero-order chi connectivity index (χ0) is 21.6. The van der Waals surface area contributed by atoms with Gasteiger partial charge in [-0.05, 0) is 26.0 Å². The van der Waals surface area contributed by atoms with Gasteiger partial charge in [-0.2, -0.15) is 0 Å². The second-order valence-electron chi connectivity index (χ2n) is 7.15. The van der Waals surface area contributed by atoms with Crippen LogP contribution in [-0.4, -0.2) is 27.5 Å². The fourth-order valence-corrected chi connectivity index (χ4v) is 3.83. The number of hydrogen-bond donors (Lipinski definition) is 0. The molecule has 1 aromatic heterocycles. The number of hydrogen-bond acceptors (Lipinski definition) is 5. The number of thioether (sulfide) groups is 1. The maximum atomic E-state index is 6.14. The van der Waals surface area contributed by atoms with Crippen molar-refractivity contribution >= 4 is 23.4 Å². The molecule has 0 aliphatic heterocycles. The highest BCUT2D eigenvalue weighted by Crippen LogP contribution is 2.30. The average molecular weight is 448 g/mol. The zero-order valence-electron chi connectivity index (χ0n) is 17.4. The van der Waals surface area contributed by atoms with Crippen LogP contribution in [-0.2, 0) is 0 Å². The van der Waals surface area contributed by atoms with E-state index in [2.05, 4.69) is 72.6 Å². The lowest BCUT2D eigenvalue weighted by Gasteiger charge is -2.10. The first-order chi connectivity index (χ1) is 15.1. The lowest BCUT2D eigenvalue weighted by molar-refractivity contribution is 0.344. The van der Waals surface area contributed by atoms with E-state index < -0.39 is 0 Å². The highest BCUT2D eigenvalue weighted by atomic mass is 35.5. The van der Waals surface area contributed by atoms with Gasteiger partial charge >= 0.3 is 0 Å². The molecule has 0 N–H and O–H groups in total. The van der Waals surface area contributed by atoms with Crippen LogP contribution in [0.4, 0.5) is 0 Å². The van der Waals surface area contributed by atoms with Gasteiger partial charge in [0, 0.05) is 16.9 Å². The van der Waals surface area contributed by atoms with E-state index in [0.29, 0.717) is 28.3 Å². The molecule has 0 aliphatic rings. The summed E-state index contributed by atoms with van der Waals surface area (Å²) in [4.78, 5) is 4.84. The van der Waals surface area contributed by atoms with E-state index in [1.54, 1.807) is 0 Å². The van der Waals surface area contributed by atoms with Crippen molar-refractivity contribution in [1.29, 1.82) is 0 Å². The van der Waals surface area contributed by atoms with Crippen molar-refractivity contribution in [3.63, 3.8) is 0 Å². The normalized spacial score (nSPS) is 10.8. The van der Waals surface area contributed by atoms with Gasteiger partial charge in [0.1, 0.15) is 17.1 Å². The van der Waals surface area contributed by atoms with Gasteiger partial charge < -0.3 is 4.74 Å². The molecule has 4 aromatic rings. The van der Waals surface area contributed by atoms with Gasteiger partial charge in [0.05, 0.1) is 11.6 Å². The summed E-state index contributed by atoms with van der Waals surface area (Å²) in [5.74, 6) is 1.36. The van der Waals surface area contributed by atoms with Crippen LogP contribution < -0.4 is 4.74 Å². The Bertz CT molecular complexity index is 1160. The van der Waals surface area contributed by atoms with E-state index in [9.17, 15) is 0 Å². The van der Waals surface area contributed by atoms with Gasteiger partial charge in [-0.15, -0.1) is 10.2 Å². The van der Waals surface area contributed by atoms with Crippen LogP contribution in [0.3, 0.4) is 0 Å². The molecule has 0 radical (unpaired) electrons. The van der Waals surface area contributed by atoms with Crippen molar-refractivity contribution in [3.05, 3.63) is 88.9 Å². The lowest BCUT2D eigenvalue weighted by atomic mass is 10.0. The van der Waals surface area contributed by atoms with Crippen LogP contribution in [0, 0.1) is 13.8 Å². The Morgan fingerprint density at radius 2 is 1.39 bits per heavy atom. The molecule has 0 aliphatic carbocycles. The Kier molecular flexibility index (Phi) is 6.85. The molecule has 0 fully saturated rings. The summed E-state index contributed by atoms with van der Waals surface area (Å²) < 4.78 is 5.76. The molecule has 4 nitrogen and oxygen atoms in total. The summed E-state index contributed by atoms with van der Waals surface area (Å²) >= 11 is 7.65. The van der Waals surface area contributed by atoms with E-state index >= 15 is 0 Å². The molecule has 3 aromatic carbocycles. The molecule has 0 unspecified atom stereocenters. The van der Waals surface area contributed by atoms with Gasteiger partial charge in [-0.3, -0.25) is 0 Å². The molecule has 6 heteroatoms. The van der Waals surface area contributed by atoms with Gasteiger partial charge in [0.15, 0.2) is 0 Å². The molecule has 0 saturated heterocycles. The number of aryl methyl sites for hydroxylation is 2. The van der Waals surface area contributed by atoms with Crippen LogP contribution in [0.5, 0.6) is 5.75 Å². The fraction of sp³-hybridized carbons (Fsp3) is 0.160. The molecule has 4 rings (SSSR count). The maximum Gasteiger partial charge on any atom is 0.209 e. The average Bonchev–Trinajstić information content (AvgIpc) is 2.79. The molecule has 0 amide bonds. The Morgan fingerprint density at radius 3 is 2.03 bits per heavy atom. The van der Waals surface area contributed by atoms with Crippen molar-refractivity contribution in [2.45, 2.75) is 19.0 Å². The van der Waals surface area contributed by atoms with Crippen molar-refractivity contribution in [2.75, 3.05) is 12.4 Å². The Hall–Kier alpha value is -2.89. The second kappa shape index (κ2) is 9.94. The number of rotatable bonds is 7. The molecule has 0 spiro atoms. The van der Waals surface area contributed by atoms with Crippen molar-refractivity contribution in [1.82, 2.24) is 15.2 Å². The highest BCUT2D eigenvalue weighted by Gasteiger charge is 2.14. The summed E-state index contributed by atoms with van der Waals surface area (Å²) in [6.07, 6.45) is 0. The van der Waals surface area contributed by atoms with E-state index in [0.717, 1.165) is 22.5 Å². The first-order valence-electron chi connectivity index (χ1n) is 9.99. The third-order valence-electron chi connectivity index (χ3n) is 4.73. The van der Waals surface area contributed by atoms with Gasteiger partial charge in [-0.25, -0.2) is 4.98 Å². The van der Waals surface area contributed by atoms with Crippen LogP contribution >= 0.6 is 23.4 Å². The molecule has 0 saturated carbocycles. The lowest BCUT2D eigenvalue weighted by Crippen LogP contribution is -2.03. The quantitative estimate of drug-likeness (QED) is 0.234. The van der Waals surface area contributed by atoms with Crippen molar-refractivity contribution < 1.29 is 4.74 Å². The molecular formula is C25H22ClN3OS. The minimum absolute atomic E-state index is 0.497. The van der Waals surface area contributed by atoms with E-state index in [1.807, 2.05) is 24.3 Å². The highest BCUT2D eigenvalue weighted by molar-refractivity contribution is 7.99. The topological polar surface area (TPSA) is 47.9 Å². The number of para-hydroxylation sites is 1. The smallest absolute Gasteiger partial charge is 0.209 e. The van der Waals surface area contributed by atoms with Crippen LogP contribution in [0.1, 0.15) is 11.1 Å². The predicted molar refractivity (Wildman–Crippen MR) is 128 cm³/mol. The minimum atomic E-state index is 0.497. The standard InChI is InChI=1S/C25H22ClN3OS/c1-17-7-11-19(12-8-17)23-24(20-13-9-18(2)10-14-20)28-29-25(27-23)31-16-15-30-22-6-4-3-5-21(22)26/h3-14H,15-16H2,1-2H3. The number of aromatic nitrogens is 3. The van der Waals surface area contributed by atoms with Crippen LogP contribution in [0.15, 0.2) is 78.0 Å². The van der Waals surface area contributed by atoms with Gasteiger partial charge in [-0.1, -0.05) is 95.2 Å². The monoisotopic (exact) mass is 447 g/mol. The Morgan fingerprint density at radius 1 is 0.774 bits per heavy atom. The summed E-state index contributed by atoms with van der Waals surface area (Å²) in [5.41, 5.74) is 6.03. The number of halogens is 1. The van der Waals surface area contributed by atoms with Gasteiger partial charge in [0.25, 0.3) is 0 Å². The van der Waals surface area contributed by atoms with Gasteiger partial charge in [0.2, 0.25) is 5.16 Å². The molecule has 0 bridgehead atoms. The summed E-state index contributed by atoms with van der Waals surface area (Å²) in [6, 6.07) is 24.0. The minimum Gasteiger partial charge on any atom is -0.491 e. The van der Waals surface area contributed by atoms with Crippen molar-refractivity contribution in [2.24, 2.45) is 0 Å². The Labute approximate surface area is 191 Å². The number of nitrogens with zero attached hydrogens (tertiary/aromatic N) is 3. The summed E-state index contributed by atoms with van der Waals surface area (Å²) in [5, 5.41) is 10.1. The third kappa shape index (κ3) is 5.43. The maximum absolute atomic E-state index is 6.14. The Balaban J connectivity index is 1.55. The SMILES string of the molecule is Cc1ccc(-c2nnc(SCCOc3ccccc3Cl)nc2-c2ccc(C)cc2)cc1. The number of ether oxygens (including phenoxy) is 1. The molecule has 1 heterocycles. The van der Waals surface area contributed by atoms with Crippen LogP contribution in [0.2, 0.25) is 5.02 Å². The fourth-order valence-electron chi connectivity index (χ4n) is 3.04. The third-order valence-corrected chi connectivity index (χ3v) is 5.84. The first-order valence-corrected chi connectivity index (χ1v) is 11.4. The molecule has 31 heavy (non-hydrogen) atoms. The summed E-state index contributed by atoms with van der Waals surface area (Å²) in [7, 11) is 0. The number of benzene rings is 3. The summed E-state index contributed by atoms with van der Waals surface area (Å²) in [6.45, 7) is 4.64. The van der Waals surface area contributed by atoms with E-state index in [4.69, 9.17) is 21.3 Å². The van der Waals surface area contributed by atoms with Crippen molar-refractivity contribution in [3.8, 4) is 28.3 Å².